The Morgan fingerprint density at radius 3 is 2.40 bits per heavy atom. The van der Waals surface area contributed by atoms with Gasteiger partial charge in [0, 0.05) is 19.7 Å². The standard InChI is InChI=1S/C14H23N/c1-4-5-9-12-15(2,3)13-14-10-7-6-8-11-14/h6-8,10-12H,4-5,9,13H2,1-3H3. The lowest BCUT2D eigenvalue weighted by Gasteiger charge is -2.40. The van der Waals surface area contributed by atoms with Crippen LogP contribution >= 0.6 is 0 Å². The van der Waals surface area contributed by atoms with E-state index in [-0.39, 0.29) is 0 Å². The molecule has 1 aromatic carbocycles. The zero-order chi connectivity index (χ0) is 11.1. The summed E-state index contributed by atoms with van der Waals surface area (Å²) in [6, 6.07) is 10.7. The summed E-state index contributed by atoms with van der Waals surface area (Å²) in [5.41, 5.74) is 1.41. The van der Waals surface area contributed by atoms with Crippen molar-refractivity contribution in [1.82, 2.24) is 0 Å². The van der Waals surface area contributed by atoms with Crippen molar-refractivity contribution in [1.29, 1.82) is 0 Å². The summed E-state index contributed by atoms with van der Waals surface area (Å²) < 4.78 is 0.976. The molecule has 0 aliphatic rings. The molecule has 0 bridgehead atoms. The Balaban J connectivity index is 2.42. The fraction of sp³-hybridized carbons (Fsp3) is 0.500. The van der Waals surface area contributed by atoms with Crippen molar-refractivity contribution < 1.29 is 4.48 Å². The van der Waals surface area contributed by atoms with Gasteiger partial charge < -0.3 is 4.48 Å². The summed E-state index contributed by atoms with van der Waals surface area (Å²) in [6.45, 7) is 5.74. The number of hydrogen-bond acceptors (Lipinski definition) is 0. The summed E-state index contributed by atoms with van der Waals surface area (Å²) in [4.78, 5) is 0. The lowest BCUT2D eigenvalue weighted by molar-refractivity contribution is -0.875. The van der Waals surface area contributed by atoms with Gasteiger partial charge in [-0.25, -0.2) is 0 Å². The number of nitrogens with zero attached hydrogens (tertiary/aromatic N) is 1. The van der Waals surface area contributed by atoms with Crippen LogP contribution in [0.5, 0.6) is 0 Å². The molecule has 0 saturated heterocycles. The smallest absolute Gasteiger partial charge is 0.0800 e. The molecule has 1 aromatic rings. The lowest BCUT2D eigenvalue weighted by atomic mass is 10.2. The molecule has 0 fully saturated rings. The van der Waals surface area contributed by atoms with Crippen LogP contribution in [0, 0.1) is 6.54 Å². The van der Waals surface area contributed by atoms with Crippen LogP contribution in [0.3, 0.4) is 0 Å². The Morgan fingerprint density at radius 1 is 1.13 bits per heavy atom. The highest BCUT2D eigenvalue weighted by atomic mass is 15.3. The predicted molar refractivity (Wildman–Crippen MR) is 66.1 cm³/mol. The molecule has 0 aliphatic heterocycles. The molecule has 0 radical (unpaired) electrons. The first-order chi connectivity index (χ1) is 7.14. The van der Waals surface area contributed by atoms with Gasteiger partial charge in [-0.05, 0) is 0 Å². The van der Waals surface area contributed by atoms with Crippen LogP contribution < -0.4 is 0 Å². The Labute approximate surface area is 94.3 Å². The summed E-state index contributed by atoms with van der Waals surface area (Å²) in [5.74, 6) is 0. The molecule has 1 nitrogen and oxygen atoms in total. The van der Waals surface area contributed by atoms with Crippen molar-refractivity contribution in [2.24, 2.45) is 0 Å². The van der Waals surface area contributed by atoms with Gasteiger partial charge in [0.1, 0.15) is 0 Å². The minimum absolute atomic E-state index is 0.976. The van der Waals surface area contributed by atoms with E-state index in [2.05, 4.69) is 57.9 Å². The summed E-state index contributed by atoms with van der Waals surface area (Å²) in [7, 11) is 4.53. The topological polar surface area (TPSA) is 0 Å². The van der Waals surface area contributed by atoms with E-state index in [1.54, 1.807) is 0 Å². The van der Waals surface area contributed by atoms with E-state index >= 15 is 0 Å². The molecule has 84 valence electrons. The Hall–Kier alpha value is -0.820. The second-order valence-corrected chi connectivity index (χ2v) is 4.75. The Bertz CT molecular complexity index is 264. The highest BCUT2D eigenvalue weighted by Crippen LogP contribution is 2.14. The molecule has 15 heavy (non-hydrogen) atoms. The Morgan fingerprint density at radius 2 is 1.80 bits per heavy atom. The predicted octanol–water partition coefficient (Wildman–Crippen LogP) is 3.61. The third-order valence-electron chi connectivity index (χ3n) is 2.61. The van der Waals surface area contributed by atoms with Gasteiger partial charge in [0.25, 0.3) is 0 Å². The maximum absolute atomic E-state index is 2.41. The highest BCUT2D eigenvalue weighted by Gasteiger charge is 2.06. The maximum atomic E-state index is 2.41. The average Bonchev–Trinajstić information content (AvgIpc) is 2.18. The van der Waals surface area contributed by atoms with Crippen LogP contribution in [0.25, 0.3) is 0 Å². The molecular weight excluding hydrogens is 182 g/mol. The fourth-order valence-corrected chi connectivity index (χ4v) is 1.76. The van der Waals surface area contributed by atoms with E-state index < -0.39 is 0 Å². The average molecular weight is 205 g/mol. The second-order valence-electron chi connectivity index (χ2n) is 4.75. The van der Waals surface area contributed by atoms with Gasteiger partial charge in [-0.3, -0.25) is 0 Å². The van der Waals surface area contributed by atoms with E-state index in [4.69, 9.17) is 0 Å². The van der Waals surface area contributed by atoms with E-state index in [9.17, 15) is 0 Å². The number of unbranched alkanes of at least 4 members (excludes halogenated alkanes) is 2. The first-order valence-electron chi connectivity index (χ1n) is 5.85. The van der Waals surface area contributed by atoms with Crippen molar-refractivity contribution in [3.8, 4) is 0 Å². The van der Waals surface area contributed by atoms with Crippen LogP contribution in [0.1, 0.15) is 31.7 Å². The molecule has 0 heterocycles. The van der Waals surface area contributed by atoms with Gasteiger partial charge in [0.2, 0.25) is 0 Å². The lowest BCUT2D eigenvalue weighted by Crippen LogP contribution is -2.35. The maximum Gasteiger partial charge on any atom is 0.0800 e. The van der Waals surface area contributed by atoms with Gasteiger partial charge in [0.05, 0.1) is 6.54 Å². The molecule has 1 rings (SSSR count). The van der Waals surface area contributed by atoms with E-state index in [1.807, 2.05) is 0 Å². The number of quaternary nitrogens is 1. The monoisotopic (exact) mass is 205 g/mol. The third-order valence-corrected chi connectivity index (χ3v) is 2.61. The van der Waals surface area contributed by atoms with Crippen LogP contribution in [0.2, 0.25) is 0 Å². The van der Waals surface area contributed by atoms with Crippen LogP contribution in [-0.4, -0.2) is 18.6 Å². The molecule has 0 unspecified atom stereocenters. The van der Waals surface area contributed by atoms with E-state index in [1.165, 1.54) is 24.8 Å². The first-order valence-corrected chi connectivity index (χ1v) is 5.85. The second kappa shape index (κ2) is 5.92. The summed E-state index contributed by atoms with van der Waals surface area (Å²) in [6.07, 6.45) is 3.80. The van der Waals surface area contributed by atoms with Crippen molar-refractivity contribution in [3.63, 3.8) is 0 Å². The SMILES string of the molecule is CCCC[CH-][N+](C)(C)Cc1ccccc1. The summed E-state index contributed by atoms with van der Waals surface area (Å²) >= 11 is 0. The van der Waals surface area contributed by atoms with Crippen molar-refractivity contribution in [2.45, 2.75) is 32.7 Å². The zero-order valence-electron chi connectivity index (χ0n) is 10.2. The van der Waals surface area contributed by atoms with E-state index in [0.29, 0.717) is 0 Å². The van der Waals surface area contributed by atoms with Gasteiger partial charge in [-0.2, -0.15) is 0 Å². The number of rotatable bonds is 6. The van der Waals surface area contributed by atoms with Gasteiger partial charge >= 0.3 is 0 Å². The zero-order valence-corrected chi connectivity index (χ0v) is 10.2. The Kier molecular flexibility index (Phi) is 4.83. The normalized spacial score (nSPS) is 11.7. The van der Waals surface area contributed by atoms with Crippen LogP contribution in [0.15, 0.2) is 30.3 Å². The fourth-order valence-electron chi connectivity index (χ4n) is 1.76. The first kappa shape index (κ1) is 12.3. The van der Waals surface area contributed by atoms with Crippen molar-refractivity contribution in [2.75, 3.05) is 14.1 Å². The molecule has 0 aliphatic carbocycles. The van der Waals surface area contributed by atoms with Gasteiger partial charge in [0.15, 0.2) is 0 Å². The van der Waals surface area contributed by atoms with Crippen molar-refractivity contribution in [3.05, 3.63) is 42.4 Å². The van der Waals surface area contributed by atoms with Gasteiger partial charge in [-0.15, -0.1) is 13.0 Å². The molecule has 0 atom stereocenters. The number of hydrogen-bond donors (Lipinski definition) is 0. The molecule has 0 saturated carbocycles. The molecule has 0 aromatic heterocycles. The minimum atomic E-state index is 0.976. The largest absolute Gasteiger partial charge is 0.456 e. The van der Waals surface area contributed by atoms with Crippen molar-refractivity contribution >= 4 is 0 Å². The number of benzene rings is 1. The van der Waals surface area contributed by atoms with Crippen LogP contribution in [0.4, 0.5) is 0 Å². The highest BCUT2D eigenvalue weighted by molar-refractivity contribution is 5.13. The van der Waals surface area contributed by atoms with Crippen LogP contribution in [-0.2, 0) is 6.54 Å². The van der Waals surface area contributed by atoms with Gasteiger partial charge in [-0.1, -0.05) is 50.1 Å². The molecule has 1 heteroatoms. The quantitative estimate of drug-likeness (QED) is 0.378. The van der Waals surface area contributed by atoms with E-state index in [0.717, 1.165) is 11.0 Å². The molecule has 0 amide bonds. The third kappa shape index (κ3) is 4.98. The molecular formula is C14H23N. The molecule has 0 spiro atoms. The summed E-state index contributed by atoms with van der Waals surface area (Å²) in [5, 5.41) is 0. The molecule has 0 N–H and O–H groups in total. The minimum Gasteiger partial charge on any atom is -0.456 e.